The number of aromatic nitrogens is 2. The maximum Gasteiger partial charge on any atom is 0.0719 e. The van der Waals surface area contributed by atoms with Crippen LogP contribution in [0.15, 0.2) is 12.4 Å². The van der Waals surface area contributed by atoms with E-state index in [0.29, 0.717) is 71.6 Å². The van der Waals surface area contributed by atoms with Crippen molar-refractivity contribution in [3.63, 3.8) is 0 Å². The molecule has 0 aromatic carbocycles. The normalized spacial score (nSPS) is 11.1. The van der Waals surface area contributed by atoms with Crippen LogP contribution in [0.3, 0.4) is 0 Å². The minimum atomic E-state index is 0.539. The quantitative estimate of drug-likeness (QED) is 0.446. The molecule has 21 heavy (non-hydrogen) atoms. The van der Waals surface area contributed by atoms with Crippen LogP contribution in [0, 0.1) is 0 Å². The third-order valence-electron chi connectivity index (χ3n) is 2.50. The van der Waals surface area contributed by atoms with Gasteiger partial charge in [-0.15, -0.1) is 0 Å². The van der Waals surface area contributed by atoms with E-state index >= 15 is 0 Å². The Morgan fingerprint density at radius 1 is 0.857 bits per heavy atom. The van der Waals surface area contributed by atoms with Crippen LogP contribution < -0.4 is 11.5 Å². The Bertz CT molecular complexity index is 349. The van der Waals surface area contributed by atoms with Crippen LogP contribution in [0.1, 0.15) is 0 Å². The highest BCUT2D eigenvalue weighted by molar-refractivity contribution is 5.30. The van der Waals surface area contributed by atoms with Crippen molar-refractivity contribution in [3.05, 3.63) is 12.4 Å². The number of nitrogen functional groups attached to an aromatic ring is 1. The Morgan fingerprint density at radius 2 is 1.38 bits per heavy atom. The topological polar surface area (TPSA) is 107 Å². The molecule has 4 N–H and O–H groups in total. The van der Waals surface area contributed by atoms with E-state index in [4.69, 9.17) is 30.4 Å². The van der Waals surface area contributed by atoms with Gasteiger partial charge < -0.3 is 30.4 Å². The summed E-state index contributed by atoms with van der Waals surface area (Å²) in [5, 5.41) is 4.06. The largest absolute Gasteiger partial charge is 0.396 e. The van der Waals surface area contributed by atoms with E-state index in [2.05, 4.69) is 5.10 Å². The summed E-state index contributed by atoms with van der Waals surface area (Å²) in [6.07, 6.45) is 3.39. The molecule has 122 valence electrons. The van der Waals surface area contributed by atoms with Crippen LogP contribution in [0.25, 0.3) is 0 Å². The summed E-state index contributed by atoms with van der Waals surface area (Å²) < 4.78 is 23.0. The Balaban J connectivity index is 1.74. The predicted octanol–water partition coefficient (Wildman–Crippen LogP) is -0.510. The second-order valence-electron chi connectivity index (χ2n) is 4.27. The first-order valence-electron chi connectivity index (χ1n) is 7.12. The smallest absolute Gasteiger partial charge is 0.0719 e. The van der Waals surface area contributed by atoms with Gasteiger partial charge in [0.1, 0.15) is 0 Å². The molecule has 0 amide bonds. The minimum Gasteiger partial charge on any atom is -0.396 e. The summed E-state index contributed by atoms with van der Waals surface area (Å²) in [5.41, 5.74) is 11.5. The molecule has 0 saturated heterocycles. The standard InChI is InChI=1S/C13H26N4O4/c14-1-3-18-5-7-20-9-10-21-8-6-19-4-2-17-12-13(15)11-16-17/h11-12H,1-10,14-15H2. The Morgan fingerprint density at radius 3 is 1.86 bits per heavy atom. The second kappa shape index (κ2) is 12.5. The first kappa shape index (κ1) is 17.9. The molecule has 1 aromatic rings. The first-order valence-corrected chi connectivity index (χ1v) is 7.12. The summed E-state index contributed by atoms with van der Waals surface area (Å²) in [6.45, 7) is 5.71. The number of ether oxygens (including phenoxy) is 4. The van der Waals surface area contributed by atoms with E-state index in [0.717, 1.165) is 0 Å². The molecule has 0 aliphatic heterocycles. The zero-order valence-electron chi connectivity index (χ0n) is 12.4. The van der Waals surface area contributed by atoms with Gasteiger partial charge in [0.15, 0.2) is 0 Å². The molecular formula is C13H26N4O4. The highest BCUT2D eigenvalue weighted by Crippen LogP contribution is 1.97. The number of anilines is 1. The predicted molar refractivity (Wildman–Crippen MR) is 79.0 cm³/mol. The van der Waals surface area contributed by atoms with Crippen molar-refractivity contribution < 1.29 is 18.9 Å². The van der Waals surface area contributed by atoms with Crippen molar-refractivity contribution in [2.45, 2.75) is 6.54 Å². The van der Waals surface area contributed by atoms with E-state index in [1.165, 1.54) is 0 Å². The van der Waals surface area contributed by atoms with Gasteiger partial charge in [-0.1, -0.05) is 0 Å². The van der Waals surface area contributed by atoms with Gasteiger partial charge in [-0.3, -0.25) is 4.68 Å². The van der Waals surface area contributed by atoms with Crippen LogP contribution in [0.5, 0.6) is 0 Å². The molecular weight excluding hydrogens is 276 g/mol. The van der Waals surface area contributed by atoms with E-state index < -0.39 is 0 Å². The summed E-state index contributed by atoms with van der Waals surface area (Å²) in [4.78, 5) is 0. The van der Waals surface area contributed by atoms with Gasteiger partial charge in [0.2, 0.25) is 0 Å². The van der Waals surface area contributed by atoms with Crippen molar-refractivity contribution in [2.75, 3.05) is 65.1 Å². The van der Waals surface area contributed by atoms with Crippen molar-refractivity contribution in [1.29, 1.82) is 0 Å². The maximum atomic E-state index is 5.55. The molecule has 8 nitrogen and oxygen atoms in total. The molecule has 0 spiro atoms. The average molecular weight is 302 g/mol. The van der Waals surface area contributed by atoms with Crippen LogP contribution in [-0.2, 0) is 25.5 Å². The van der Waals surface area contributed by atoms with E-state index in [1.807, 2.05) is 0 Å². The molecule has 8 heteroatoms. The molecule has 1 heterocycles. The molecule has 0 bridgehead atoms. The van der Waals surface area contributed by atoms with Gasteiger partial charge in [-0.25, -0.2) is 0 Å². The van der Waals surface area contributed by atoms with Crippen LogP contribution in [0.2, 0.25) is 0 Å². The lowest BCUT2D eigenvalue weighted by Gasteiger charge is -2.07. The summed E-state index contributed by atoms with van der Waals surface area (Å²) in [7, 11) is 0. The zero-order valence-corrected chi connectivity index (χ0v) is 12.4. The van der Waals surface area contributed by atoms with Crippen LogP contribution in [0.4, 0.5) is 5.69 Å². The third-order valence-corrected chi connectivity index (χ3v) is 2.50. The zero-order chi connectivity index (χ0) is 15.2. The fourth-order valence-electron chi connectivity index (χ4n) is 1.51. The summed E-state index contributed by atoms with van der Waals surface area (Å²) in [5.74, 6) is 0. The van der Waals surface area contributed by atoms with Gasteiger partial charge >= 0.3 is 0 Å². The second-order valence-corrected chi connectivity index (χ2v) is 4.27. The molecule has 0 aliphatic rings. The molecule has 0 aliphatic carbocycles. The van der Waals surface area contributed by atoms with Crippen molar-refractivity contribution in [2.24, 2.45) is 5.73 Å². The Kier molecular flexibility index (Phi) is 10.7. The lowest BCUT2D eigenvalue weighted by atomic mass is 10.6. The van der Waals surface area contributed by atoms with E-state index in [9.17, 15) is 0 Å². The van der Waals surface area contributed by atoms with Crippen molar-refractivity contribution >= 4 is 5.69 Å². The van der Waals surface area contributed by atoms with Crippen LogP contribution >= 0.6 is 0 Å². The molecule has 0 fully saturated rings. The van der Waals surface area contributed by atoms with Gasteiger partial charge in [0, 0.05) is 12.7 Å². The first-order chi connectivity index (χ1) is 10.3. The maximum absolute atomic E-state index is 5.55. The lowest BCUT2D eigenvalue weighted by Crippen LogP contribution is -2.15. The van der Waals surface area contributed by atoms with Gasteiger partial charge in [0.05, 0.1) is 71.3 Å². The van der Waals surface area contributed by atoms with Gasteiger partial charge in [0.25, 0.3) is 0 Å². The fourth-order valence-corrected chi connectivity index (χ4v) is 1.51. The monoisotopic (exact) mass is 302 g/mol. The van der Waals surface area contributed by atoms with Crippen molar-refractivity contribution in [1.82, 2.24) is 9.78 Å². The number of hydrogen-bond acceptors (Lipinski definition) is 7. The molecule has 1 aromatic heterocycles. The van der Waals surface area contributed by atoms with Gasteiger partial charge in [-0.2, -0.15) is 5.10 Å². The SMILES string of the molecule is NCCOCCOCCOCCOCCn1cc(N)cn1. The number of hydrogen-bond donors (Lipinski definition) is 2. The summed E-state index contributed by atoms with van der Waals surface area (Å²) >= 11 is 0. The molecule has 0 atom stereocenters. The Labute approximate surface area is 125 Å². The minimum absolute atomic E-state index is 0.539. The van der Waals surface area contributed by atoms with E-state index in [1.54, 1.807) is 17.1 Å². The Hall–Kier alpha value is -1.19. The number of rotatable bonds is 14. The highest BCUT2D eigenvalue weighted by Gasteiger charge is 1.95. The lowest BCUT2D eigenvalue weighted by molar-refractivity contribution is -0.00196. The molecule has 0 radical (unpaired) electrons. The molecule has 0 saturated carbocycles. The van der Waals surface area contributed by atoms with Crippen LogP contribution in [-0.4, -0.2) is 69.2 Å². The third kappa shape index (κ3) is 10.2. The van der Waals surface area contributed by atoms with Gasteiger partial charge in [-0.05, 0) is 0 Å². The molecule has 1 rings (SSSR count). The van der Waals surface area contributed by atoms with Crippen molar-refractivity contribution in [3.8, 4) is 0 Å². The number of nitrogens with two attached hydrogens (primary N) is 2. The highest BCUT2D eigenvalue weighted by atomic mass is 16.6. The van der Waals surface area contributed by atoms with E-state index in [-0.39, 0.29) is 0 Å². The summed E-state index contributed by atoms with van der Waals surface area (Å²) in [6, 6.07) is 0. The number of nitrogens with zero attached hydrogens (tertiary/aromatic N) is 2. The average Bonchev–Trinajstić information content (AvgIpc) is 2.89. The molecule has 0 unspecified atom stereocenters. The fraction of sp³-hybridized carbons (Fsp3) is 0.769.